The van der Waals surface area contributed by atoms with Gasteiger partial charge in [0.15, 0.2) is 0 Å². The molecule has 0 unspecified atom stereocenters. The summed E-state index contributed by atoms with van der Waals surface area (Å²) >= 11 is 3.32. The number of nitrogens with one attached hydrogen (secondary N) is 1. The molecule has 1 aromatic rings. The van der Waals surface area contributed by atoms with E-state index in [0.29, 0.717) is 9.89 Å². The Labute approximate surface area is 110 Å². The molecular formula is C12H18BrN3O. The number of aromatic nitrogens is 2. The molecule has 1 fully saturated rings. The highest BCUT2D eigenvalue weighted by atomic mass is 79.9. The highest BCUT2D eigenvalue weighted by Crippen LogP contribution is 2.39. The molecule has 4 nitrogen and oxygen atoms in total. The SMILES string of the molecule is CCC1(CC)CCN(c2nc[nH]c(=O)c2Br)C1. The lowest BCUT2D eigenvalue weighted by atomic mass is 9.82. The van der Waals surface area contributed by atoms with Gasteiger partial charge in [0.05, 0.1) is 6.33 Å². The average Bonchev–Trinajstić information content (AvgIpc) is 2.78. The summed E-state index contributed by atoms with van der Waals surface area (Å²) in [5, 5.41) is 0. The zero-order valence-electron chi connectivity index (χ0n) is 10.3. The number of hydrogen-bond donors (Lipinski definition) is 1. The molecule has 0 saturated carbocycles. The highest BCUT2D eigenvalue weighted by Gasteiger charge is 2.36. The summed E-state index contributed by atoms with van der Waals surface area (Å²) in [4.78, 5) is 20.6. The molecule has 0 atom stereocenters. The molecular weight excluding hydrogens is 282 g/mol. The number of anilines is 1. The van der Waals surface area contributed by atoms with Gasteiger partial charge in [0.1, 0.15) is 10.3 Å². The predicted octanol–water partition coefficient (Wildman–Crippen LogP) is 2.55. The van der Waals surface area contributed by atoms with Crippen molar-refractivity contribution in [2.75, 3.05) is 18.0 Å². The van der Waals surface area contributed by atoms with E-state index in [1.54, 1.807) is 0 Å². The second-order valence-electron chi connectivity index (χ2n) is 4.75. The molecule has 1 aliphatic rings. The topological polar surface area (TPSA) is 49.0 Å². The lowest BCUT2D eigenvalue weighted by molar-refractivity contribution is 0.301. The van der Waals surface area contributed by atoms with E-state index in [1.807, 2.05) is 0 Å². The normalized spacial score (nSPS) is 18.6. The second-order valence-corrected chi connectivity index (χ2v) is 5.54. The Kier molecular flexibility index (Phi) is 3.56. The van der Waals surface area contributed by atoms with Gasteiger partial charge in [-0.25, -0.2) is 4.98 Å². The third-order valence-corrected chi connectivity index (χ3v) is 4.73. The van der Waals surface area contributed by atoms with Crippen molar-refractivity contribution >= 4 is 21.7 Å². The fourth-order valence-corrected chi connectivity index (χ4v) is 3.00. The Morgan fingerprint density at radius 1 is 1.53 bits per heavy atom. The Bertz CT molecular complexity index is 453. The van der Waals surface area contributed by atoms with Crippen LogP contribution in [0, 0.1) is 5.41 Å². The molecule has 0 bridgehead atoms. The predicted molar refractivity (Wildman–Crippen MR) is 72.4 cm³/mol. The van der Waals surface area contributed by atoms with Gasteiger partial charge in [-0.05, 0) is 40.6 Å². The third-order valence-electron chi connectivity index (χ3n) is 4.02. The number of rotatable bonds is 3. The van der Waals surface area contributed by atoms with Crippen molar-refractivity contribution in [1.82, 2.24) is 9.97 Å². The largest absolute Gasteiger partial charge is 0.355 e. The van der Waals surface area contributed by atoms with Gasteiger partial charge < -0.3 is 9.88 Å². The summed E-state index contributed by atoms with van der Waals surface area (Å²) in [5.41, 5.74) is 0.282. The molecule has 0 spiro atoms. The molecule has 1 aliphatic heterocycles. The molecule has 1 N–H and O–H groups in total. The van der Waals surface area contributed by atoms with Crippen molar-refractivity contribution in [3.63, 3.8) is 0 Å². The number of H-pyrrole nitrogens is 1. The number of hydrogen-bond acceptors (Lipinski definition) is 3. The van der Waals surface area contributed by atoms with E-state index in [-0.39, 0.29) is 5.56 Å². The van der Waals surface area contributed by atoms with Crippen molar-refractivity contribution in [2.24, 2.45) is 5.41 Å². The average molecular weight is 300 g/mol. The Balaban J connectivity index is 2.26. The summed E-state index contributed by atoms with van der Waals surface area (Å²) in [6, 6.07) is 0. The van der Waals surface area contributed by atoms with Gasteiger partial charge in [-0.2, -0.15) is 0 Å². The summed E-state index contributed by atoms with van der Waals surface area (Å²) < 4.78 is 0.544. The summed E-state index contributed by atoms with van der Waals surface area (Å²) in [5.74, 6) is 0.775. The van der Waals surface area contributed by atoms with Crippen LogP contribution in [0.2, 0.25) is 0 Å². The molecule has 0 radical (unpaired) electrons. The lowest BCUT2D eigenvalue weighted by Crippen LogP contribution is -2.28. The molecule has 17 heavy (non-hydrogen) atoms. The Morgan fingerprint density at radius 3 is 2.82 bits per heavy atom. The van der Waals surface area contributed by atoms with Crippen LogP contribution in [0.15, 0.2) is 15.6 Å². The van der Waals surface area contributed by atoms with Crippen LogP contribution in [0.3, 0.4) is 0 Å². The molecule has 1 aromatic heterocycles. The lowest BCUT2D eigenvalue weighted by Gasteiger charge is -2.26. The summed E-state index contributed by atoms with van der Waals surface area (Å²) in [6.07, 6.45) is 5.02. The van der Waals surface area contributed by atoms with Crippen LogP contribution in [0.25, 0.3) is 0 Å². The van der Waals surface area contributed by atoms with Gasteiger partial charge in [-0.15, -0.1) is 0 Å². The molecule has 2 heterocycles. The number of nitrogens with zero attached hydrogens (tertiary/aromatic N) is 2. The van der Waals surface area contributed by atoms with Gasteiger partial charge in [-0.1, -0.05) is 13.8 Å². The Hall–Kier alpha value is -0.840. The van der Waals surface area contributed by atoms with Gasteiger partial charge >= 0.3 is 0 Å². The van der Waals surface area contributed by atoms with Crippen molar-refractivity contribution in [1.29, 1.82) is 0 Å². The number of aromatic amines is 1. The van der Waals surface area contributed by atoms with Crippen molar-refractivity contribution in [2.45, 2.75) is 33.1 Å². The van der Waals surface area contributed by atoms with Crippen LogP contribution in [0.4, 0.5) is 5.82 Å². The smallest absolute Gasteiger partial charge is 0.267 e. The quantitative estimate of drug-likeness (QED) is 0.933. The van der Waals surface area contributed by atoms with Gasteiger partial charge in [0.2, 0.25) is 0 Å². The monoisotopic (exact) mass is 299 g/mol. The van der Waals surface area contributed by atoms with E-state index in [0.717, 1.165) is 18.9 Å². The minimum Gasteiger partial charge on any atom is -0.355 e. The van der Waals surface area contributed by atoms with Crippen LogP contribution in [-0.2, 0) is 0 Å². The van der Waals surface area contributed by atoms with Crippen molar-refractivity contribution in [3.05, 3.63) is 21.2 Å². The minimum absolute atomic E-state index is 0.111. The summed E-state index contributed by atoms with van der Waals surface area (Å²) in [7, 11) is 0. The molecule has 2 rings (SSSR count). The summed E-state index contributed by atoms with van der Waals surface area (Å²) in [6.45, 7) is 6.46. The molecule has 0 aliphatic carbocycles. The number of halogens is 1. The van der Waals surface area contributed by atoms with E-state index in [1.165, 1.54) is 25.6 Å². The van der Waals surface area contributed by atoms with E-state index < -0.39 is 0 Å². The minimum atomic E-state index is -0.111. The third kappa shape index (κ3) is 2.25. The van der Waals surface area contributed by atoms with Crippen LogP contribution < -0.4 is 10.5 Å². The second kappa shape index (κ2) is 4.80. The zero-order chi connectivity index (χ0) is 12.5. The van der Waals surface area contributed by atoms with Gasteiger partial charge in [-0.3, -0.25) is 4.79 Å². The van der Waals surface area contributed by atoms with E-state index >= 15 is 0 Å². The first-order valence-electron chi connectivity index (χ1n) is 6.10. The maximum absolute atomic E-state index is 11.5. The van der Waals surface area contributed by atoms with Crippen LogP contribution >= 0.6 is 15.9 Å². The van der Waals surface area contributed by atoms with Gasteiger partial charge in [0, 0.05) is 13.1 Å². The van der Waals surface area contributed by atoms with E-state index in [9.17, 15) is 4.79 Å². The maximum Gasteiger partial charge on any atom is 0.267 e. The van der Waals surface area contributed by atoms with Crippen molar-refractivity contribution in [3.8, 4) is 0 Å². The van der Waals surface area contributed by atoms with Crippen LogP contribution in [0.1, 0.15) is 33.1 Å². The fraction of sp³-hybridized carbons (Fsp3) is 0.667. The standard InChI is InChI=1S/C12H18BrN3O/c1-3-12(4-2)5-6-16(7-12)10-9(13)11(17)15-8-14-10/h8H,3-7H2,1-2H3,(H,14,15,17). The van der Waals surface area contributed by atoms with Crippen LogP contribution in [0.5, 0.6) is 0 Å². The van der Waals surface area contributed by atoms with E-state index in [2.05, 4.69) is 44.6 Å². The molecule has 94 valence electrons. The molecule has 5 heteroatoms. The fourth-order valence-electron chi connectivity index (χ4n) is 2.54. The first kappa shape index (κ1) is 12.6. The first-order chi connectivity index (χ1) is 8.12. The Morgan fingerprint density at radius 2 is 2.24 bits per heavy atom. The van der Waals surface area contributed by atoms with E-state index in [4.69, 9.17) is 0 Å². The van der Waals surface area contributed by atoms with Crippen LogP contribution in [-0.4, -0.2) is 23.1 Å². The van der Waals surface area contributed by atoms with Crippen molar-refractivity contribution < 1.29 is 0 Å². The van der Waals surface area contributed by atoms with Gasteiger partial charge in [0.25, 0.3) is 5.56 Å². The molecule has 0 amide bonds. The maximum atomic E-state index is 11.5. The molecule has 1 saturated heterocycles. The molecule has 0 aromatic carbocycles. The highest BCUT2D eigenvalue weighted by molar-refractivity contribution is 9.10. The zero-order valence-corrected chi connectivity index (χ0v) is 11.9. The first-order valence-corrected chi connectivity index (χ1v) is 6.89.